The van der Waals surface area contributed by atoms with E-state index in [0.717, 1.165) is 0 Å². The van der Waals surface area contributed by atoms with Gasteiger partial charge in [0.15, 0.2) is 0 Å². The number of rotatable bonds is 5. The number of nitrogens with two attached hydrogens (primary N) is 1. The average Bonchev–Trinajstić information content (AvgIpc) is 2.00. The molecule has 0 aliphatic rings. The van der Waals surface area contributed by atoms with Crippen LogP contribution < -0.4 is 5.73 Å². The molecule has 66 valence electrons. The Morgan fingerprint density at radius 2 is 2.25 bits per heavy atom. The molecule has 0 saturated carbocycles. The minimum Gasteiger partial charge on any atom is -0.480 e. The monoisotopic (exact) mass is 167 g/mol. The Hall–Kier alpha value is -1.35. The first-order chi connectivity index (χ1) is 5.57. The fourth-order valence-electron chi connectivity index (χ4n) is 0.642. The van der Waals surface area contributed by atoms with Gasteiger partial charge in [-0.1, -0.05) is 37.0 Å². The Labute approximate surface area is 71.9 Å². The number of allylic oxidation sites excluding steroid dienone is 3. The van der Waals surface area contributed by atoms with Crippen molar-refractivity contribution < 1.29 is 9.90 Å². The second-order valence-corrected chi connectivity index (χ2v) is 2.40. The summed E-state index contributed by atoms with van der Waals surface area (Å²) in [4.78, 5) is 10.3. The number of hydrogen-bond donors (Lipinski definition) is 2. The van der Waals surface area contributed by atoms with Gasteiger partial charge in [-0.25, -0.2) is 0 Å². The number of aliphatic carboxylic acids is 1. The maximum atomic E-state index is 10.3. The minimum absolute atomic E-state index is 0.264. The van der Waals surface area contributed by atoms with E-state index in [2.05, 4.69) is 13.2 Å². The van der Waals surface area contributed by atoms with Crippen LogP contribution in [0.15, 0.2) is 37.0 Å². The molecule has 3 N–H and O–H groups in total. The lowest BCUT2D eigenvalue weighted by Crippen LogP contribution is -2.30. The molecule has 0 rings (SSSR count). The first-order valence-electron chi connectivity index (χ1n) is 3.53. The van der Waals surface area contributed by atoms with Crippen LogP contribution in [0.2, 0.25) is 0 Å². The third-order valence-electron chi connectivity index (χ3n) is 1.27. The Bertz CT molecular complexity index is 219. The molecule has 0 aliphatic heterocycles. The normalized spacial score (nSPS) is 12.8. The molecule has 3 heteroatoms. The van der Waals surface area contributed by atoms with Crippen molar-refractivity contribution in [1.29, 1.82) is 0 Å². The Kier molecular flexibility index (Phi) is 4.72. The van der Waals surface area contributed by atoms with E-state index in [1.165, 1.54) is 0 Å². The van der Waals surface area contributed by atoms with Crippen LogP contribution in [0.4, 0.5) is 0 Å². The summed E-state index contributed by atoms with van der Waals surface area (Å²) in [5, 5.41) is 8.45. The smallest absolute Gasteiger partial charge is 0.320 e. The molecule has 0 spiro atoms. The molecule has 1 atom stereocenters. The van der Waals surface area contributed by atoms with E-state index in [1.807, 2.05) is 0 Å². The molecule has 12 heavy (non-hydrogen) atoms. The topological polar surface area (TPSA) is 63.3 Å². The molecule has 0 bridgehead atoms. The number of carbonyl (C=O) groups is 1. The largest absolute Gasteiger partial charge is 0.480 e. The Balaban J connectivity index is 3.92. The third-order valence-corrected chi connectivity index (χ3v) is 1.27. The van der Waals surface area contributed by atoms with Crippen molar-refractivity contribution in [3.05, 3.63) is 37.0 Å². The van der Waals surface area contributed by atoms with E-state index in [9.17, 15) is 4.79 Å². The minimum atomic E-state index is -1.01. The van der Waals surface area contributed by atoms with Crippen LogP contribution in [0, 0.1) is 0 Å². The molecule has 0 amide bonds. The van der Waals surface area contributed by atoms with Gasteiger partial charge in [0.2, 0.25) is 0 Å². The van der Waals surface area contributed by atoms with Gasteiger partial charge in [-0.3, -0.25) is 4.79 Å². The lowest BCUT2D eigenvalue weighted by atomic mass is 10.1. The van der Waals surface area contributed by atoms with Gasteiger partial charge in [0.05, 0.1) is 0 Å². The second-order valence-electron chi connectivity index (χ2n) is 2.40. The van der Waals surface area contributed by atoms with Crippen molar-refractivity contribution in [2.75, 3.05) is 0 Å². The molecular weight excluding hydrogens is 154 g/mol. The zero-order valence-electron chi connectivity index (χ0n) is 6.86. The number of hydrogen-bond acceptors (Lipinski definition) is 2. The van der Waals surface area contributed by atoms with E-state index in [0.29, 0.717) is 5.57 Å². The van der Waals surface area contributed by atoms with Crippen LogP contribution in [0.25, 0.3) is 0 Å². The molecule has 0 aromatic rings. The number of carboxylic acid groups (broad SMARTS) is 1. The van der Waals surface area contributed by atoms with Gasteiger partial charge in [-0.15, -0.1) is 0 Å². The third kappa shape index (κ3) is 4.46. The lowest BCUT2D eigenvalue weighted by Gasteiger charge is -2.04. The summed E-state index contributed by atoms with van der Waals surface area (Å²) < 4.78 is 0. The van der Waals surface area contributed by atoms with E-state index < -0.39 is 12.0 Å². The fraction of sp³-hybridized carbons (Fsp3) is 0.222. The standard InChI is InChI=1S/C9H13NO2/c1-3-4-5-7(2)6-8(10)9(11)12/h3-5,8H,1-2,6,10H2,(H,11,12)/b5-4-/t8-/m0/s1. The second kappa shape index (κ2) is 5.32. The number of carboxylic acids is 1. The zero-order chi connectivity index (χ0) is 9.56. The highest BCUT2D eigenvalue weighted by Gasteiger charge is 2.10. The molecular formula is C9H13NO2. The summed E-state index contributed by atoms with van der Waals surface area (Å²) in [6, 6.07) is -0.869. The van der Waals surface area contributed by atoms with E-state index in [4.69, 9.17) is 10.8 Å². The molecule has 0 fully saturated rings. The Morgan fingerprint density at radius 3 is 2.67 bits per heavy atom. The summed E-state index contributed by atoms with van der Waals surface area (Å²) in [7, 11) is 0. The first-order valence-corrected chi connectivity index (χ1v) is 3.53. The molecule has 0 radical (unpaired) electrons. The molecule has 0 aromatic heterocycles. The highest BCUT2D eigenvalue weighted by atomic mass is 16.4. The zero-order valence-corrected chi connectivity index (χ0v) is 6.86. The summed E-state index contributed by atoms with van der Waals surface area (Å²) in [6.45, 7) is 7.11. The van der Waals surface area contributed by atoms with Crippen LogP contribution in [-0.4, -0.2) is 17.1 Å². The van der Waals surface area contributed by atoms with Crippen molar-refractivity contribution in [2.45, 2.75) is 12.5 Å². The molecule has 0 saturated heterocycles. The van der Waals surface area contributed by atoms with Gasteiger partial charge >= 0.3 is 5.97 Å². The predicted octanol–water partition coefficient (Wildman–Crippen LogP) is 1.09. The van der Waals surface area contributed by atoms with Crippen LogP contribution in [0.3, 0.4) is 0 Å². The van der Waals surface area contributed by atoms with Crippen LogP contribution in [0.1, 0.15) is 6.42 Å². The predicted molar refractivity (Wildman–Crippen MR) is 48.7 cm³/mol. The Morgan fingerprint density at radius 1 is 1.67 bits per heavy atom. The maximum Gasteiger partial charge on any atom is 0.320 e. The van der Waals surface area contributed by atoms with Gasteiger partial charge in [0.1, 0.15) is 6.04 Å². The van der Waals surface area contributed by atoms with Crippen molar-refractivity contribution in [3.63, 3.8) is 0 Å². The van der Waals surface area contributed by atoms with Crippen LogP contribution >= 0.6 is 0 Å². The van der Waals surface area contributed by atoms with Gasteiger partial charge in [0, 0.05) is 0 Å². The molecule has 3 nitrogen and oxygen atoms in total. The van der Waals surface area contributed by atoms with Gasteiger partial charge in [-0.05, 0) is 6.42 Å². The molecule has 0 aliphatic carbocycles. The maximum absolute atomic E-state index is 10.3. The average molecular weight is 167 g/mol. The van der Waals surface area contributed by atoms with Crippen molar-refractivity contribution in [2.24, 2.45) is 5.73 Å². The fourth-order valence-corrected chi connectivity index (χ4v) is 0.642. The van der Waals surface area contributed by atoms with Gasteiger partial charge in [-0.2, -0.15) is 0 Å². The van der Waals surface area contributed by atoms with E-state index in [1.54, 1.807) is 18.2 Å². The SMILES string of the molecule is C=C/C=C\C(=C)C[C@H](N)C(=O)O. The highest BCUT2D eigenvalue weighted by molar-refractivity contribution is 5.73. The van der Waals surface area contributed by atoms with Crippen molar-refractivity contribution >= 4 is 5.97 Å². The van der Waals surface area contributed by atoms with Crippen molar-refractivity contribution in [3.8, 4) is 0 Å². The summed E-state index contributed by atoms with van der Waals surface area (Å²) in [5.74, 6) is -1.01. The van der Waals surface area contributed by atoms with E-state index >= 15 is 0 Å². The summed E-state index contributed by atoms with van der Waals surface area (Å²) in [6.07, 6.45) is 5.24. The first kappa shape index (κ1) is 10.7. The van der Waals surface area contributed by atoms with Crippen LogP contribution in [0.5, 0.6) is 0 Å². The van der Waals surface area contributed by atoms with Gasteiger partial charge < -0.3 is 10.8 Å². The van der Waals surface area contributed by atoms with E-state index in [-0.39, 0.29) is 6.42 Å². The summed E-state index contributed by atoms with van der Waals surface area (Å²) >= 11 is 0. The molecule has 0 heterocycles. The highest BCUT2D eigenvalue weighted by Crippen LogP contribution is 2.03. The quantitative estimate of drug-likeness (QED) is 0.602. The van der Waals surface area contributed by atoms with Gasteiger partial charge in [0.25, 0.3) is 0 Å². The van der Waals surface area contributed by atoms with Crippen LogP contribution in [-0.2, 0) is 4.79 Å². The molecule has 0 aromatic carbocycles. The molecule has 0 unspecified atom stereocenters. The summed E-state index contributed by atoms with van der Waals surface area (Å²) in [5.41, 5.74) is 5.95. The lowest BCUT2D eigenvalue weighted by molar-refractivity contribution is -0.138. The van der Waals surface area contributed by atoms with Crippen molar-refractivity contribution in [1.82, 2.24) is 0 Å².